The Labute approximate surface area is 157 Å². The van der Waals surface area contributed by atoms with Crippen molar-refractivity contribution in [1.29, 1.82) is 0 Å². The third kappa shape index (κ3) is 4.34. The van der Waals surface area contributed by atoms with Gasteiger partial charge in [-0.3, -0.25) is 0 Å². The molecule has 0 atom stereocenters. The molecule has 2 aromatic carbocycles. The van der Waals surface area contributed by atoms with Gasteiger partial charge in [-0.15, -0.1) is 0 Å². The maximum atomic E-state index is 13.3. The first-order chi connectivity index (χ1) is 13.1. The Kier molecular flexibility index (Phi) is 5.41. The zero-order valence-corrected chi connectivity index (χ0v) is 14.5. The van der Waals surface area contributed by atoms with Crippen LogP contribution in [0.15, 0.2) is 46.2 Å². The quantitative estimate of drug-likeness (QED) is 0.695. The second-order valence-corrected chi connectivity index (χ2v) is 7.42. The summed E-state index contributed by atoms with van der Waals surface area (Å²) < 4.78 is 105. The lowest BCUT2D eigenvalue weighted by Crippen LogP contribution is -2.19. The Bertz CT molecular complexity index is 1020. The molecule has 29 heavy (non-hydrogen) atoms. The van der Waals surface area contributed by atoms with E-state index in [9.17, 15) is 44.3 Å². The number of carbonyl (C=O) groups is 2. The van der Waals surface area contributed by atoms with Crippen molar-refractivity contribution in [3.8, 4) is 0 Å². The van der Waals surface area contributed by atoms with E-state index in [1.54, 1.807) is 0 Å². The Morgan fingerprint density at radius 3 is 1.24 bits per heavy atom. The van der Waals surface area contributed by atoms with E-state index >= 15 is 0 Å². The van der Waals surface area contributed by atoms with Gasteiger partial charge in [-0.1, -0.05) is 0 Å². The van der Waals surface area contributed by atoms with Gasteiger partial charge in [-0.05, 0) is 36.4 Å². The summed E-state index contributed by atoms with van der Waals surface area (Å²) in [6.45, 7) is 0. The maximum Gasteiger partial charge on any atom is 0.417 e. The van der Waals surface area contributed by atoms with Gasteiger partial charge in [0.1, 0.15) is 0 Å². The molecule has 156 valence electrons. The lowest BCUT2D eigenvalue weighted by Gasteiger charge is -2.17. The topological polar surface area (TPSA) is 109 Å². The van der Waals surface area contributed by atoms with E-state index in [0.717, 1.165) is 0 Å². The summed E-state index contributed by atoms with van der Waals surface area (Å²) in [7, 11) is -5.48. The predicted octanol–water partition coefficient (Wildman–Crippen LogP) is 3.95. The second kappa shape index (κ2) is 7.06. The number of benzene rings is 2. The van der Waals surface area contributed by atoms with Crippen molar-refractivity contribution >= 4 is 21.8 Å². The van der Waals surface area contributed by atoms with Gasteiger partial charge in [-0.25, -0.2) is 18.0 Å². The molecule has 0 aliphatic heterocycles. The summed E-state index contributed by atoms with van der Waals surface area (Å²) in [6.07, 6.45) is -10.8. The lowest BCUT2D eigenvalue weighted by atomic mass is 10.1. The fraction of sp³-hybridized carbons (Fsp3) is 0.125. The largest absolute Gasteiger partial charge is 0.478 e. The van der Waals surface area contributed by atoms with E-state index in [1.807, 2.05) is 0 Å². The highest BCUT2D eigenvalue weighted by molar-refractivity contribution is 7.91. The minimum Gasteiger partial charge on any atom is -0.478 e. The molecule has 6 nitrogen and oxygen atoms in total. The minimum atomic E-state index is -5.48. The molecule has 0 saturated carbocycles. The van der Waals surface area contributed by atoms with E-state index in [4.69, 9.17) is 10.2 Å². The van der Waals surface area contributed by atoms with Gasteiger partial charge in [0.15, 0.2) is 0 Å². The molecular formula is C16H8F6O6S. The molecule has 2 aromatic rings. The third-order valence-electron chi connectivity index (χ3n) is 3.64. The predicted molar refractivity (Wildman–Crippen MR) is 82.3 cm³/mol. The molecule has 2 rings (SSSR count). The summed E-state index contributed by atoms with van der Waals surface area (Å²) >= 11 is 0. The molecule has 2 N–H and O–H groups in total. The summed E-state index contributed by atoms with van der Waals surface area (Å²) in [5.74, 6) is -3.64. The van der Waals surface area contributed by atoms with Crippen LogP contribution in [0.4, 0.5) is 26.3 Å². The van der Waals surface area contributed by atoms with Crippen molar-refractivity contribution in [3.63, 3.8) is 0 Å². The van der Waals surface area contributed by atoms with Crippen LogP contribution >= 0.6 is 0 Å². The molecule has 0 unspecified atom stereocenters. The van der Waals surface area contributed by atoms with Crippen molar-refractivity contribution in [2.75, 3.05) is 0 Å². The van der Waals surface area contributed by atoms with E-state index < -0.39 is 66.2 Å². The molecule has 13 heteroatoms. The number of halogens is 6. The highest BCUT2D eigenvalue weighted by Crippen LogP contribution is 2.41. The molecular weight excluding hydrogens is 434 g/mol. The molecule has 0 bridgehead atoms. The number of aromatic carboxylic acids is 2. The molecule has 0 heterocycles. The van der Waals surface area contributed by atoms with Crippen LogP contribution in [0, 0.1) is 0 Å². The normalized spacial score (nSPS) is 12.6. The minimum absolute atomic E-state index is 0.0197. The molecule has 0 amide bonds. The van der Waals surface area contributed by atoms with Crippen LogP contribution < -0.4 is 0 Å². The SMILES string of the molecule is O=C(O)c1ccc(S(=O)(=O)c2ccc(C(=O)O)cc2C(F)(F)F)c(C(F)(F)F)c1. The van der Waals surface area contributed by atoms with Gasteiger partial charge in [0.05, 0.1) is 32.0 Å². The van der Waals surface area contributed by atoms with Gasteiger partial charge in [0, 0.05) is 0 Å². The molecule has 0 spiro atoms. The van der Waals surface area contributed by atoms with Crippen LogP contribution in [0.5, 0.6) is 0 Å². The molecule has 0 aliphatic carbocycles. The summed E-state index contributed by atoms with van der Waals surface area (Å²) in [5, 5.41) is 17.6. The van der Waals surface area contributed by atoms with Crippen molar-refractivity contribution < 1.29 is 54.6 Å². The van der Waals surface area contributed by atoms with Crippen LogP contribution in [0.25, 0.3) is 0 Å². The second-order valence-electron chi connectivity index (χ2n) is 5.53. The smallest absolute Gasteiger partial charge is 0.417 e. The number of hydrogen-bond donors (Lipinski definition) is 2. The Morgan fingerprint density at radius 2 is 1.00 bits per heavy atom. The fourth-order valence-electron chi connectivity index (χ4n) is 2.36. The monoisotopic (exact) mass is 442 g/mol. The van der Waals surface area contributed by atoms with E-state index in [1.165, 1.54) is 0 Å². The fourth-order valence-corrected chi connectivity index (χ4v) is 4.02. The molecule has 0 aromatic heterocycles. The van der Waals surface area contributed by atoms with Gasteiger partial charge in [-0.2, -0.15) is 26.3 Å². The van der Waals surface area contributed by atoms with Crippen LogP contribution in [-0.4, -0.2) is 30.6 Å². The maximum absolute atomic E-state index is 13.3. The zero-order valence-electron chi connectivity index (χ0n) is 13.7. The standard InChI is InChI=1S/C16H8F6O6S/c17-15(18,19)9-5-7(13(23)24)1-3-11(9)29(27,28)12-4-2-8(14(25)26)6-10(12)16(20,21)22/h1-6H,(H,23,24)(H,25,26). The number of rotatable bonds is 4. The summed E-state index contributed by atoms with van der Waals surface area (Å²) in [4.78, 5) is 18.5. The number of sulfone groups is 1. The van der Waals surface area contributed by atoms with Crippen LogP contribution in [-0.2, 0) is 22.2 Å². The number of alkyl halides is 6. The van der Waals surface area contributed by atoms with Gasteiger partial charge in [0.2, 0.25) is 9.84 Å². The molecule has 0 aliphatic rings. The third-order valence-corrected chi connectivity index (χ3v) is 5.51. The van der Waals surface area contributed by atoms with E-state index in [2.05, 4.69) is 0 Å². The summed E-state index contributed by atoms with van der Waals surface area (Å²) in [5.41, 5.74) is -5.83. The van der Waals surface area contributed by atoms with E-state index in [-0.39, 0.29) is 24.3 Å². The Morgan fingerprint density at radius 1 is 0.690 bits per heavy atom. The van der Waals surface area contributed by atoms with Crippen LogP contribution in [0.2, 0.25) is 0 Å². The van der Waals surface area contributed by atoms with Crippen molar-refractivity contribution in [2.45, 2.75) is 22.1 Å². The van der Waals surface area contributed by atoms with Crippen molar-refractivity contribution in [1.82, 2.24) is 0 Å². The first kappa shape index (κ1) is 22.2. The first-order valence-corrected chi connectivity index (χ1v) is 8.69. The Balaban J connectivity index is 2.87. The lowest BCUT2D eigenvalue weighted by molar-refractivity contribution is -0.140. The van der Waals surface area contributed by atoms with Gasteiger partial charge < -0.3 is 10.2 Å². The van der Waals surface area contributed by atoms with Crippen molar-refractivity contribution in [3.05, 3.63) is 58.7 Å². The number of carboxylic acid groups (broad SMARTS) is 2. The number of hydrogen-bond acceptors (Lipinski definition) is 4. The summed E-state index contributed by atoms with van der Waals surface area (Å²) in [6, 6.07) is 1.40. The van der Waals surface area contributed by atoms with Gasteiger partial charge in [0.25, 0.3) is 0 Å². The average molecular weight is 442 g/mol. The highest BCUT2D eigenvalue weighted by atomic mass is 32.2. The average Bonchev–Trinajstić information content (AvgIpc) is 2.59. The highest BCUT2D eigenvalue weighted by Gasteiger charge is 2.42. The molecule has 0 saturated heterocycles. The first-order valence-electron chi connectivity index (χ1n) is 7.21. The number of carboxylic acids is 2. The van der Waals surface area contributed by atoms with Crippen LogP contribution in [0.3, 0.4) is 0 Å². The van der Waals surface area contributed by atoms with Gasteiger partial charge >= 0.3 is 24.3 Å². The Hall–Kier alpha value is -3.09. The van der Waals surface area contributed by atoms with E-state index in [0.29, 0.717) is 12.1 Å². The molecule has 0 fully saturated rings. The zero-order chi connectivity index (χ0) is 22.4. The molecule has 0 radical (unpaired) electrons. The van der Waals surface area contributed by atoms with Crippen LogP contribution in [0.1, 0.15) is 31.8 Å². The van der Waals surface area contributed by atoms with Crippen molar-refractivity contribution in [2.24, 2.45) is 0 Å².